The lowest BCUT2D eigenvalue weighted by Crippen LogP contribution is -2.38. The fraction of sp³-hybridized carbons (Fsp3) is 0.400. The van der Waals surface area contributed by atoms with Crippen LogP contribution in [0, 0.1) is 0 Å². The molecule has 1 aromatic heterocycles. The fourth-order valence-electron chi connectivity index (χ4n) is 1.53. The monoisotopic (exact) mass is 193 g/mol. The van der Waals surface area contributed by atoms with E-state index in [1.807, 2.05) is 0 Å². The van der Waals surface area contributed by atoms with Gasteiger partial charge in [-0.3, -0.25) is 9.59 Å². The van der Waals surface area contributed by atoms with Crippen LogP contribution in [0.2, 0.25) is 0 Å². The van der Waals surface area contributed by atoms with E-state index in [9.17, 15) is 9.59 Å². The second-order valence-corrected chi connectivity index (χ2v) is 3.34. The van der Waals surface area contributed by atoms with Crippen molar-refractivity contribution in [2.45, 2.75) is 12.8 Å². The maximum Gasteiger partial charge on any atom is 0.257 e. The summed E-state index contributed by atoms with van der Waals surface area (Å²) in [7, 11) is 0. The molecule has 1 saturated heterocycles. The van der Waals surface area contributed by atoms with Crippen molar-refractivity contribution in [2.24, 2.45) is 0 Å². The molecule has 2 rings (SSSR count). The number of hydrogen-bond acceptors (Lipinski definition) is 3. The third-order valence-electron chi connectivity index (χ3n) is 2.38. The van der Waals surface area contributed by atoms with E-state index in [0.29, 0.717) is 31.5 Å². The first-order chi connectivity index (χ1) is 6.77. The fourth-order valence-corrected chi connectivity index (χ4v) is 1.53. The van der Waals surface area contributed by atoms with Crippen molar-refractivity contribution < 1.29 is 14.0 Å². The molecule has 0 saturated carbocycles. The number of carbonyl (C=O) groups is 2. The molecule has 0 radical (unpaired) electrons. The highest BCUT2D eigenvalue weighted by molar-refractivity contribution is 5.95. The van der Waals surface area contributed by atoms with E-state index >= 15 is 0 Å². The smallest absolute Gasteiger partial charge is 0.257 e. The van der Waals surface area contributed by atoms with Crippen LogP contribution in [0.5, 0.6) is 0 Å². The largest absolute Gasteiger partial charge is 0.472 e. The Labute approximate surface area is 81.5 Å². The number of piperidine rings is 1. The van der Waals surface area contributed by atoms with Gasteiger partial charge in [0.05, 0.1) is 11.8 Å². The zero-order chi connectivity index (χ0) is 9.97. The molecule has 1 amide bonds. The van der Waals surface area contributed by atoms with Crippen LogP contribution in [0.3, 0.4) is 0 Å². The van der Waals surface area contributed by atoms with Crippen molar-refractivity contribution in [3.05, 3.63) is 24.2 Å². The SMILES string of the molecule is O=C1CCN(C(=O)c2ccoc2)CC1. The van der Waals surface area contributed by atoms with Crippen LogP contribution < -0.4 is 0 Å². The zero-order valence-corrected chi connectivity index (χ0v) is 7.73. The third-order valence-corrected chi connectivity index (χ3v) is 2.38. The lowest BCUT2D eigenvalue weighted by molar-refractivity contribution is -0.120. The van der Waals surface area contributed by atoms with Crippen LogP contribution in [0.1, 0.15) is 23.2 Å². The second kappa shape index (κ2) is 3.65. The standard InChI is InChI=1S/C10H11NO3/c12-9-1-4-11(5-2-9)10(13)8-3-6-14-7-8/h3,6-7H,1-2,4-5H2. The van der Waals surface area contributed by atoms with E-state index in [0.717, 1.165) is 0 Å². The summed E-state index contributed by atoms with van der Waals surface area (Å²) in [4.78, 5) is 24.4. The van der Waals surface area contributed by atoms with Gasteiger partial charge in [-0.25, -0.2) is 0 Å². The van der Waals surface area contributed by atoms with Gasteiger partial charge in [-0.1, -0.05) is 0 Å². The van der Waals surface area contributed by atoms with E-state index in [2.05, 4.69) is 0 Å². The molecule has 1 aliphatic heterocycles. The van der Waals surface area contributed by atoms with Gasteiger partial charge < -0.3 is 9.32 Å². The summed E-state index contributed by atoms with van der Waals surface area (Å²) in [5.41, 5.74) is 0.555. The number of likely N-dealkylation sites (tertiary alicyclic amines) is 1. The second-order valence-electron chi connectivity index (χ2n) is 3.34. The molecule has 0 atom stereocenters. The average Bonchev–Trinajstić information content (AvgIpc) is 2.71. The molecule has 0 spiro atoms. The minimum atomic E-state index is -0.0498. The minimum absolute atomic E-state index is 0.0498. The van der Waals surface area contributed by atoms with Gasteiger partial charge in [0, 0.05) is 25.9 Å². The number of ketones is 1. The van der Waals surface area contributed by atoms with E-state index in [1.54, 1.807) is 11.0 Å². The van der Waals surface area contributed by atoms with Crippen LogP contribution in [-0.4, -0.2) is 29.7 Å². The van der Waals surface area contributed by atoms with Gasteiger partial charge in [0.1, 0.15) is 12.0 Å². The van der Waals surface area contributed by atoms with Crippen LogP contribution in [0.15, 0.2) is 23.0 Å². The van der Waals surface area contributed by atoms with Gasteiger partial charge in [-0.2, -0.15) is 0 Å². The van der Waals surface area contributed by atoms with Gasteiger partial charge in [0.2, 0.25) is 0 Å². The highest BCUT2D eigenvalue weighted by Gasteiger charge is 2.22. The first kappa shape index (κ1) is 8.99. The number of hydrogen-bond donors (Lipinski definition) is 0. The maximum absolute atomic E-state index is 11.7. The molecular formula is C10H11NO3. The summed E-state index contributed by atoms with van der Waals surface area (Å²) < 4.78 is 4.83. The predicted molar refractivity (Wildman–Crippen MR) is 48.9 cm³/mol. The molecule has 1 fully saturated rings. The summed E-state index contributed by atoms with van der Waals surface area (Å²) in [5.74, 6) is 0.187. The predicted octanol–water partition coefficient (Wildman–Crippen LogP) is 1.08. The van der Waals surface area contributed by atoms with Crippen LogP contribution >= 0.6 is 0 Å². The van der Waals surface area contributed by atoms with Crippen molar-refractivity contribution in [1.82, 2.24) is 4.90 Å². The summed E-state index contributed by atoms with van der Waals surface area (Å²) >= 11 is 0. The minimum Gasteiger partial charge on any atom is -0.472 e. The van der Waals surface area contributed by atoms with Crippen molar-refractivity contribution in [1.29, 1.82) is 0 Å². The zero-order valence-electron chi connectivity index (χ0n) is 7.73. The number of nitrogens with zero attached hydrogens (tertiary/aromatic N) is 1. The molecular weight excluding hydrogens is 182 g/mol. The van der Waals surface area contributed by atoms with Gasteiger partial charge in [-0.05, 0) is 6.07 Å². The van der Waals surface area contributed by atoms with Gasteiger partial charge in [-0.15, -0.1) is 0 Å². The molecule has 74 valence electrons. The highest BCUT2D eigenvalue weighted by atomic mass is 16.3. The molecule has 4 nitrogen and oxygen atoms in total. The van der Waals surface area contributed by atoms with Crippen LogP contribution in [0.4, 0.5) is 0 Å². The number of rotatable bonds is 1. The Balaban J connectivity index is 2.03. The molecule has 0 N–H and O–H groups in total. The topological polar surface area (TPSA) is 50.5 Å². The van der Waals surface area contributed by atoms with Gasteiger partial charge in [0.25, 0.3) is 5.91 Å². The van der Waals surface area contributed by atoms with Crippen LogP contribution in [-0.2, 0) is 4.79 Å². The molecule has 0 bridgehead atoms. The molecule has 0 unspecified atom stereocenters. The molecule has 4 heteroatoms. The van der Waals surface area contributed by atoms with E-state index in [1.165, 1.54) is 12.5 Å². The van der Waals surface area contributed by atoms with Crippen molar-refractivity contribution >= 4 is 11.7 Å². The first-order valence-corrected chi connectivity index (χ1v) is 4.60. The van der Waals surface area contributed by atoms with Crippen LogP contribution in [0.25, 0.3) is 0 Å². The number of furan rings is 1. The number of Topliss-reactive ketones (excluding diaryl/α,β-unsaturated/α-hetero) is 1. The Morgan fingerprint density at radius 3 is 2.64 bits per heavy atom. The Morgan fingerprint density at radius 1 is 1.36 bits per heavy atom. The van der Waals surface area contributed by atoms with Crippen molar-refractivity contribution in [2.75, 3.05) is 13.1 Å². The Hall–Kier alpha value is -1.58. The molecule has 1 aliphatic rings. The summed E-state index contributed by atoms with van der Waals surface area (Å²) in [6.45, 7) is 1.06. The molecule has 14 heavy (non-hydrogen) atoms. The number of amides is 1. The summed E-state index contributed by atoms with van der Waals surface area (Å²) in [6.07, 6.45) is 3.86. The van der Waals surface area contributed by atoms with Crippen molar-refractivity contribution in [3.63, 3.8) is 0 Å². The van der Waals surface area contributed by atoms with Gasteiger partial charge in [0.15, 0.2) is 0 Å². The number of carbonyl (C=O) groups excluding carboxylic acids is 2. The lowest BCUT2D eigenvalue weighted by atomic mass is 10.1. The Morgan fingerprint density at radius 2 is 2.07 bits per heavy atom. The van der Waals surface area contributed by atoms with E-state index < -0.39 is 0 Å². The molecule has 0 aromatic carbocycles. The van der Waals surface area contributed by atoms with E-state index in [-0.39, 0.29) is 11.7 Å². The normalized spacial score (nSPS) is 17.1. The summed E-state index contributed by atoms with van der Waals surface area (Å²) in [6, 6.07) is 1.64. The molecule has 2 heterocycles. The molecule has 0 aliphatic carbocycles. The van der Waals surface area contributed by atoms with E-state index in [4.69, 9.17) is 4.42 Å². The lowest BCUT2D eigenvalue weighted by Gasteiger charge is -2.25. The average molecular weight is 193 g/mol. The maximum atomic E-state index is 11.7. The Bertz CT molecular complexity index is 332. The van der Waals surface area contributed by atoms with Gasteiger partial charge >= 0.3 is 0 Å². The first-order valence-electron chi connectivity index (χ1n) is 4.60. The third kappa shape index (κ3) is 1.69. The molecule has 1 aromatic rings. The quantitative estimate of drug-likeness (QED) is 0.670. The Kier molecular flexibility index (Phi) is 2.35. The summed E-state index contributed by atoms with van der Waals surface area (Å²) in [5, 5.41) is 0. The van der Waals surface area contributed by atoms with Crippen molar-refractivity contribution in [3.8, 4) is 0 Å². The highest BCUT2D eigenvalue weighted by Crippen LogP contribution is 2.11.